The maximum Gasteiger partial charge on any atom is 0.319 e. The Hall–Kier alpha value is -8.59. The number of nitrogens with zero attached hydrogens (tertiary/aromatic N) is 4. The van der Waals surface area contributed by atoms with Crippen LogP contribution in [0.25, 0.3) is 0 Å². The molecule has 9 rings (SSSR count). The number of carbonyl (C=O) groups is 4. The standard InChI is InChI=1S/C40H54N4O6.C36H48FN5O4/c1-5-8-23-43-24-19-36(20-25-43)49-34-14-9-29(10-15-34)39(45)44(33-21-26-48-27-22-33)32-12-16-35(17-13-32)50-37-18-11-31(28-38(37)47-4)42-40(46)41-30(6-2)7-3;1-6-10-17-41-18-20-42(21-19-41)32-24-31(37)30(22-25(32)5)35(43)38-27-11-14-29(15-12-27)46-33-16-13-28(23-34(33)45-9-4)40-36(44)39-26(7-2)8-3/h9-18,28,30,33,36H,5-8,19-27H2,1-4H3,(H2,41,42,46);11-16,22-24,26H,6-10,17-21H2,1-5H3,(H,38,43)(H2,39,40,44). The quantitative estimate of drug-likeness (QED) is 0.0298. The van der Waals surface area contributed by atoms with Gasteiger partial charge in [-0.25, -0.2) is 14.0 Å². The van der Waals surface area contributed by atoms with Gasteiger partial charge in [-0.05, 0) is 206 Å². The number of piperazine rings is 1. The number of ether oxygens (including phenoxy) is 6. The first kappa shape index (κ1) is 73.2. The molecular formula is C76H102FN9O10. The SMILES string of the molecule is CCCCN1CCC(Oc2ccc(C(=O)N(c3ccc(Oc4ccc(NC(=O)NC(CC)CC)cc4OC)cc3)C3CCOCC3)cc2)CC1.CCCCN1CCN(c2cc(F)c(C(=O)Nc3ccc(Oc4ccc(NC(=O)NC(CC)CC)cc4OCC)cc3)cc2C)CC1. The van der Waals surface area contributed by atoms with Crippen LogP contribution in [0.15, 0.2) is 121 Å². The summed E-state index contributed by atoms with van der Waals surface area (Å²) < 4.78 is 50.8. The monoisotopic (exact) mass is 1320 g/mol. The molecule has 19 nitrogen and oxygen atoms in total. The number of hydrogen-bond acceptors (Lipinski definition) is 13. The van der Waals surface area contributed by atoms with E-state index in [1.54, 1.807) is 73.8 Å². The van der Waals surface area contributed by atoms with Crippen molar-refractivity contribution in [2.75, 3.05) is 105 Å². The van der Waals surface area contributed by atoms with Gasteiger partial charge in [0.2, 0.25) is 0 Å². The van der Waals surface area contributed by atoms with Gasteiger partial charge in [0.15, 0.2) is 23.0 Å². The zero-order valence-corrected chi connectivity index (χ0v) is 57.9. The molecule has 3 fully saturated rings. The van der Waals surface area contributed by atoms with Gasteiger partial charge in [0.05, 0.1) is 19.3 Å². The number of nitrogens with one attached hydrogen (secondary N) is 5. The fraction of sp³-hybridized carbons (Fsp3) is 0.474. The highest BCUT2D eigenvalue weighted by Gasteiger charge is 2.30. The van der Waals surface area contributed by atoms with E-state index in [2.05, 4.69) is 55.1 Å². The minimum Gasteiger partial charge on any atom is -0.493 e. The van der Waals surface area contributed by atoms with Crippen LogP contribution in [-0.4, -0.2) is 137 Å². The summed E-state index contributed by atoms with van der Waals surface area (Å²) in [6.45, 7) is 26.0. The Morgan fingerprint density at radius 2 is 1.08 bits per heavy atom. The van der Waals surface area contributed by atoms with Crippen molar-refractivity contribution in [1.29, 1.82) is 0 Å². The van der Waals surface area contributed by atoms with Gasteiger partial charge in [0, 0.05) is 117 Å². The maximum absolute atomic E-state index is 15.2. The lowest BCUT2D eigenvalue weighted by Crippen LogP contribution is -2.46. The molecule has 3 aliphatic rings. The third kappa shape index (κ3) is 21.5. The highest BCUT2D eigenvalue weighted by molar-refractivity contribution is 6.07. The van der Waals surface area contributed by atoms with Gasteiger partial charge in [-0.2, -0.15) is 0 Å². The lowest BCUT2D eigenvalue weighted by atomic mass is 10.0. The smallest absolute Gasteiger partial charge is 0.319 e. The predicted molar refractivity (Wildman–Crippen MR) is 381 cm³/mol. The molecule has 518 valence electrons. The van der Waals surface area contributed by atoms with Crippen molar-refractivity contribution < 1.29 is 52.0 Å². The summed E-state index contributed by atoms with van der Waals surface area (Å²) in [6.07, 6.45) is 12.0. The minimum absolute atomic E-state index is 0.00630. The number of rotatable bonds is 29. The number of urea groups is 2. The summed E-state index contributed by atoms with van der Waals surface area (Å²) in [7, 11) is 1.56. The Bertz CT molecular complexity index is 3400. The molecule has 0 unspecified atom stereocenters. The van der Waals surface area contributed by atoms with Gasteiger partial charge >= 0.3 is 12.1 Å². The van der Waals surface area contributed by atoms with Crippen LogP contribution >= 0.6 is 0 Å². The summed E-state index contributed by atoms with van der Waals surface area (Å²) in [5.41, 5.74) is 4.81. The first-order chi connectivity index (χ1) is 46.6. The Balaban J connectivity index is 0.000000247. The molecule has 3 aliphatic heterocycles. The third-order valence-corrected chi connectivity index (χ3v) is 17.9. The van der Waals surface area contributed by atoms with Gasteiger partial charge in [0.1, 0.15) is 29.2 Å². The van der Waals surface area contributed by atoms with Crippen LogP contribution in [0, 0.1) is 12.7 Å². The van der Waals surface area contributed by atoms with E-state index in [9.17, 15) is 19.2 Å². The van der Waals surface area contributed by atoms with E-state index in [0.29, 0.717) is 76.9 Å². The van der Waals surface area contributed by atoms with Crippen LogP contribution in [0.2, 0.25) is 0 Å². The molecule has 3 saturated heterocycles. The number of piperidine rings is 1. The molecule has 5 N–H and O–H groups in total. The van der Waals surface area contributed by atoms with Crippen LogP contribution in [0.3, 0.4) is 0 Å². The van der Waals surface area contributed by atoms with E-state index in [4.69, 9.17) is 28.4 Å². The second-order valence-corrected chi connectivity index (χ2v) is 24.7. The van der Waals surface area contributed by atoms with Gasteiger partial charge in [0.25, 0.3) is 11.8 Å². The average molecular weight is 1320 g/mol. The molecule has 0 radical (unpaired) electrons. The van der Waals surface area contributed by atoms with Crippen LogP contribution in [0.1, 0.15) is 152 Å². The molecule has 6 amide bonds. The molecule has 0 aliphatic carbocycles. The van der Waals surface area contributed by atoms with Gasteiger partial charge in [-0.3, -0.25) is 14.5 Å². The number of anilines is 5. The summed E-state index contributed by atoms with van der Waals surface area (Å²) in [5, 5.41) is 14.4. The van der Waals surface area contributed by atoms with Gasteiger partial charge < -0.3 is 69.7 Å². The van der Waals surface area contributed by atoms with E-state index in [0.717, 1.165) is 120 Å². The van der Waals surface area contributed by atoms with Crippen molar-refractivity contribution >= 4 is 52.3 Å². The molecule has 0 bridgehead atoms. The molecule has 96 heavy (non-hydrogen) atoms. The van der Waals surface area contributed by atoms with Crippen LogP contribution in [0.4, 0.5) is 42.4 Å². The summed E-state index contributed by atoms with van der Waals surface area (Å²) >= 11 is 0. The highest BCUT2D eigenvalue weighted by Crippen LogP contribution is 2.38. The van der Waals surface area contributed by atoms with E-state index in [1.807, 2.05) is 95.0 Å². The number of likely N-dealkylation sites (tertiary alicyclic amines) is 1. The Kier molecular flexibility index (Phi) is 28.7. The number of carbonyl (C=O) groups excluding carboxylic acids is 4. The van der Waals surface area contributed by atoms with Crippen molar-refractivity contribution in [2.45, 2.75) is 157 Å². The maximum atomic E-state index is 15.2. The number of benzene rings is 6. The largest absolute Gasteiger partial charge is 0.493 e. The Morgan fingerprint density at radius 3 is 1.61 bits per heavy atom. The van der Waals surface area contributed by atoms with Gasteiger partial charge in [-0.1, -0.05) is 54.4 Å². The normalized spacial score (nSPS) is 14.6. The number of halogens is 1. The zero-order valence-electron chi connectivity index (χ0n) is 57.9. The van der Waals surface area contributed by atoms with Crippen LogP contribution in [-0.2, 0) is 4.74 Å². The molecule has 20 heteroatoms. The molecule has 0 saturated carbocycles. The Morgan fingerprint density at radius 1 is 0.573 bits per heavy atom. The zero-order chi connectivity index (χ0) is 68.3. The molecule has 6 aromatic rings. The van der Waals surface area contributed by atoms with E-state index >= 15 is 4.39 Å². The van der Waals surface area contributed by atoms with E-state index < -0.39 is 11.7 Å². The second kappa shape index (κ2) is 37.6. The molecular weight excluding hydrogens is 1220 g/mol. The minimum atomic E-state index is -0.541. The lowest BCUT2D eigenvalue weighted by Gasteiger charge is -2.37. The average Bonchev–Trinajstić information content (AvgIpc) is 0.832. The fourth-order valence-corrected chi connectivity index (χ4v) is 12.0. The van der Waals surface area contributed by atoms with E-state index in [1.165, 1.54) is 38.3 Å². The number of aryl methyl sites for hydroxylation is 1. The van der Waals surface area contributed by atoms with Crippen LogP contribution in [0.5, 0.6) is 40.2 Å². The summed E-state index contributed by atoms with van der Waals surface area (Å²) in [5.74, 6) is 2.75. The van der Waals surface area contributed by atoms with Gasteiger partial charge in [-0.15, -0.1) is 0 Å². The Labute approximate surface area is 568 Å². The topological polar surface area (TPSA) is 197 Å². The van der Waals surface area contributed by atoms with Crippen molar-refractivity contribution in [1.82, 2.24) is 20.4 Å². The molecule has 0 aromatic heterocycles. The number of unbranched alkanes of at least 4 members (excludes halogenated alkanes) is 2. The van der Waals surface area contributed by atoms with Crippen molar-refractivity contribution in [3.63, 3.8) is 0 Å². The summed E-state index contributed by atoms with van der Waals surface area (Å²) in [4.78, 5) is 61.0. The third-order valence-electron chi connectivity index (χ3n) is 17.9. The second-order valence-electron chi connectivity index (χ2n) is 24.7. The number of methoxy groups -OCH3 is 1. The van der Waals surface area contributed by atoms with Crippen molar-refractivity contribution in [2.24, 2.45) is 0 Å². The highest BCUT2D eigenvalue weighted by atomic mass is 19.1. The first-order valence-electron chi connectivity index (χ1n) is 34.8. The summed E-state index contributed by atoms with van der Waals surface area (Å²) in [6, 6.07) is 35.2. The molecule has 3 heterocycles. The molecule has 6 aromatic carbocycles. The lowest BCUT2D eigenvalue weighted by molar-refractivity contribution is 0.0771. The van der Waals surface area contributed by atoms with Crippen molar-refractivity contribution in [3.8, 4) is 40.2 Å². The number of hydrogen-bond donors (Lipinski definition) is 5. The number of amides is 6. The molecule has 0 atom stereocenters. The van der Waals surface area contributed by atoms with Crippen molar-refractivity contribution in [3.05, 3.63) is 144 Å². The first-order valence-corrected chi connectivity index (χ1v) is 34.8. The van der Waals surface area contributed by atoms with Crippen LogP contribution < -0.4 is 60.1 Å². The fourth-order valence-electron chi connectivity index (χ4n) is 12.0. The van der Waals surface area contributed by atoms with E-state index in [-0.39, 0.29) is 47.8 Å². The predicted octanol–water partition coefficient (Wildman–Crippen LogP) is 16.1. The molecule has 0 spiro atoms.